The Balaban J connectivity index is 2.24. The van der Waals surface area contributed by atoms with Crippen LogP contribution in [0.15, 0.2) is 18.3 Å². The molecule has 1 fully saturated rings. The van der Waals surface area contributed by atoms with Gasteiger partial charge in [-0.25, -0.2) is 9.78 Å². The summed E-state index contributed by atoms with van der Waals surface area (Å²) in [7, 11) is 0. The maximum absolute atomic E-state index is 11.6. The van der Waals surface area contributed by atoms with E-state index in [-0.39, 0.29) is 23.2 Å². The van der Waals surface area contributed by atoms with Crippen LogP contribution in [0.5, 0.6) is 0 Å². The van der Waals surface area contributed by atoms with E-state index < -0.39 is 5.97 Å². The van der Waals surface area contributed by atoms with E-state index in [4.69, 9.17) is 5.11 Å². The maximum Gasteiger partial charge on any atom is 0.355 e. The Kier molecular flexibility index (Phi) is 2.37. The summed E-state index contributed by atoms with van der Waals surface area (Å²) in [5.74, 6) is -1.54. The molecule has 5 heteroatoms. The van der Waals surface area contributed by atoms with Gasteiger partial charge in [0.1, 0.15) is 0 Å². The van der Waals surface area contributed by atoms with Gasteiger partial charge in [0, 0.05) is 12.2 Å². The van der Waals surface area contributed by atoms with Gasteiger partial charge in [0.25, 0.3) is 5.91 Å². The van der Waals surface area contributed by atoms with Gasteiger partial charge in [-0.15, -0.1) is 0 Å². The molecule has 15 heavy (non-hydrogen) atoms. The molecule has 0 aliphatic heterocycles. The van der Waals surface area contributed by atoms with Gasteiger partial charge in [-0.2, -0.15) is 0 Å². The van der Waals surface area contributed by atoms with E-state index >= 15 is 0 Å². The molecular weight excluding hydrogens is 196 g/mol. The van der Waals surface area contributed by atoms with Crippen molar-refractivity contribution in [3.63, 3.8) is 0 Å². The molecule has 0 unspecified atom stereocenters. The Morgan fingerprint density at radius 2 is 2.20 bits per heavy atom. The average Bonchev–Trinajstić information content (AvgIpc) is 3.01. The van der Waals surface area contributed by atoms with Crippen LogP contribution in [0.4, 0.5) is 0 Å². The molecule has 1 aliphatic rings. The number of carbonyl (C=O) groups excluding carboxylic acids is 1. The first-order chi connectivity index (χ1) is 7.18. The number of aromatic carboxylic acids is 1. The minimum atomic E-state index is -1.18. The summed E-state index contributed by atoms with van der Waals surface area (Å²) in [6.45, 7) is 0. The molecule has 0 aromatic carbocycles. The number of pyridine rings is 1. The van der Waals surface area contributed by atoms with E-state index in [1.165, 1.54) is 12.3 Å². The van der Waals surface area contributed by atoms with E-state index in [1.807, 2.05) is 0 Å². The van der Waals surface area contributed by atoms with Gasteiger partial charge in [0.05, 0.1) is 5.56 Å². The molecule has 0 radical (unpaired) electrons. The summed E-state index contributed by atoms with van der Waals surface area (Å²) in [6, 6.07) is 3.22. The highest BCUT2D eigenvalue weighted by molar-refractivity contribution is 6.03. The molecule has 0 saturated heterocycles. The Morgan fingerprint density at radius 1 is 1.47 bits per heavy atom. The number of nitrogens with zero attached hydrogens (tertiary/aromatic N) is 1. The molecule has 2 N–H and O–H groups in total. The molecule has 1 aromatic rings. The number of carboxylic acids is 1. The number of amides is 1. The van der Waals surface area contributed by atoms with Crippen LogP contribution in [0, 0.1) is 0 Å². The minimum absolute atomic E-state index is 0.122. The summed E-state index contributed by atoms with van der Waals surface area (Å²) in [5, 5.41) is 11.5. The van der Waals surface area contributed by atoms with Crippen LogP contribution in [-0.4, -0.2) is 28.0 Å². The van der Waals surface area contributed by atoms with Crippen LogP contribution < -0.4 is 5.32 Å². The first-order valence-corrected chi connectivity index (χ1v) is 4.67. The van der Waals surface area contributed by atoms with Gasteiger partial charge in [-0.3, -0.25) is 4.79 Å². The SMILES string of the molecule is O=C(NC1CC1)c1cccnc1C(=O)O. The lowest BCUT2D eigenvalue weighted by atomic mass is 10.2. The molecule has 1 saturated carbocycles. The lowest BCUT2D eigenvalue weighted by Crippen LogP contribution is -2.27. The zero-order valence-corrected chi connectivity index (χ0v) is 7.93. The van der Waals surface area contributed by atoms with Crippen molar-refractivity contribution in [2.24, 2.45) is 0 Å². The zero-order valence-electron chi connectivity index (χ0n) is 7.93. The molecule has 1 aromatic heterocycles. The van der Waals surface area contributed by atoms with Crippen molar-refractivity contribution in [3.8, 4) is 0 Å². The molecule has 78 valence electrons. The van der Waals surface area contributed by atoms with Crippen molar-refractivity contribution in [1.29, 1.82) is 0 Å². The van der Waals surface area contributed by atoms with Gasteiger partial charge in [-0.1, -0.05) is 0 Å². The third kappa shape index (κ3) is 2.12. The van der Waals surface area contributed by atoms with E-state index in [0.717, 1.165) is 12.8 Å². The fourth-order valence-corrected chi connectivity index (χ4v) is 1.25. The van der Waals surface area contributed by atoms with Crippen LogP contribution in [0.3, 0.4) is 0 Å². The molecule has 1 heterocycles. The number of carboxylic acid groups (broad SMARTS) is 1. The second-order valence-electron chi connectivity index (χ2n) is 3.45. The van der Waals surface area contributed by atoms with Crippen LogP contribution in [0.1, 0.15) is 33.7 Å². The molecular formula is C10H10N2O3. The average molecular weight is 206 g/mol. The van der Waals surface area contributed by atoms with Gasteiger partial charge >= 0.3 is 5.97 Å². The van der Waals surface area contributed by atoms with E-state index in [1.54, 1.807) is 6.07 Å². The molecule has 1 aliphatic carbocycles. The lowest BCUT2D eigenvalue weighted by Gasteiger charge is -2.04. The Labute approximate surface area is 86.1 Å². The predicted molar refractivity (Wildman–Crippen MR) is 51.7 cm³/mol. The molecule has 0 atom stereocenters. The van der Waals surface area contributed by atoms with Crippen LogP contribution >= 0.6 is 0 Å². The Morgan fingerprint density at radius 3 is 2.80 bits per heavy atom. The first kappa shape index (κ1) is 9.64. The number of nitrogens with one attached hydrogen (secondary N) is 1. The van der Waals surface area contributed by atoms with E-state index in [9.17, 15) is 9.59 Å². The van der Waals surface area contributed by atoms with Crippen molar-refractivity contribution in [2.75, 3.05) is 0 Å². The largest absolute Gasteiger partial charge is 0.476 e. The molecule has 2 rings (SSSR count). The van der Waals surface area contributed by atoms with Gasteiger partial charge < -0.3 is 10.4 Å². The highest BCUT2D eigenvalue weighted by Gasteiger charge is 2.26. The van der Waals surface area contributed by atoms with Crippen LogP contribution in [-0.2, 0) is 0 Å². The normalized spacial score (nSPS) is 14.7. The van der Waals surface area contributed by atoms with E-state index in [0.29, 0.717) is 0 Å². The predicted octanol–water partition coefficient (Wildman–Crippen LogP) is 0.672. The lowest BCUT2D eigenvalue weighted by molar-refractivity contribution is 0.0684. The smallest absolute Gasteiger partial charge is 0.355 e. The molecule has 0 spiro atoms. The summed E-state index contributed by atoms with van der Waals surface area (Å²) < 4.78 is 0. The quantitative estimate of drug-likeness (QED) is 0.761. The van der Waals surface area contributed by atoms with Crippen molar-refractivity contribution in [2.45, 2.75) is 18.9 Å². The van der Waals surface area contributed by atoms with Gasteiger partial charge in [-0.05, 0) is 25.0 Å². The highest BCUT2D eigenvalue weighted by Crippen LogP contribution is 2.19. The number of hydrogen-bond acceptors (Lipinski definition) is 3. The van der Waals surface area contributed by atoms with Gasteiger partial charge in [0.2, 0.25) is 0 Å². The van der Waals surface area contributed by atoms with Gasteiger partial charge in [0.15, 0.2) is 5.69 Å². The molecule has 1 amide bonds. The fourth-order valence-electron chi connectivity index (χ4n) is 1.25. The molecule has 0 bridgehead atoms. The number of hydrogen-bond donors (Lipinski definition) is 2. The molecule has 5 nitrogen and oxygen atoms in total. The second-order valence-corrected chi connectivity index (χ2v) is 3.45. The summed E-state index contributed by atoms with van der Waals surface area (Å²) in [4.78, 5) is 26.1. The Hall–Kier alpha value is -1.91. The first-order valence-electron chi connectivity index (χ1n) is 4.67. The van der Waals surface area contributed by atoms with Crippen molar-refractivity contribution < 1.29 is 14.7 Å². The maximum atomic E-state index is 11.6. The van der Waals surface area contributed by atoms with Crippen LogP contribution in [0.2, 0.25) is 0 Å². The summed E-state index contributed by atoms with van der Waals surface area (Å²) in [6.07, 6.45) is 3.29. The fraction of sp³-hybridized carbons (Fsp3) is 0.300. The third-order valence-electron chi connectivity index (χ3n) is 2.17. The van der Waals surface area contributed by atoms with Crippen molar-refractivity contribution in [1.82, 2.24) is 10.3 Å². The van der Waals surface area contributed by atoms with Crippen molar-refractivity contribution >= 4 is 11.9 Å². The minimum Gasteiger partial charge on any atom is -0.476 e. The van der Waals surface area contributed by atoms with E-state index in [2.05, 4.69) is 10.3 Å². The third-order valence-corrected chi connectivity index (χ3v) is 2.17. The zero-order chi connectivity index (χ0) is 10.8. The number of rotatable bonds is 3. The number of aromatic nitrogens is 1. The summed E-state index contributed by atoms with van der Waals surface area (Å²) >= 11 is 0. The Bertz CT molecular complexity index is 413. The standard InChI is InChI=1S/C10H10N2O3/c13-9(12-6-3-4-6)7-2-1-5-11-8(7)10(14)15/h1-2,5-6H,3-4H2,(H,12,13)(H,14,15). The number of carbonyl (C=O) groups is 2. The topological polar surface area (TPSA) is 79.3 Å². The highest BCUT2D eigenvalue weighted by atomic mass is 16.4. The second kappa shape index (κ2) is 3.68. The van der Waals surface area contributed by atoms with Crippen LogP contribution in [0.25, 0.3) is 0 Å². The summed E-state index contributed by atoms with van der Waals surface area (Å²) in [5.41, 5.74) is -0.0763. The monoisotopic (exact) mass is 206 g/mol. The van der Waals surface area contributed by atoms with Crippen molar-refractivity contribution in [3.05, 3.63) is 29.6 Å².